The van der Waals surface area contributed by atoms with Gasteiger partial charge < -0.3 is 21.5 Å². The zero-order valence-corrected chi connectivity index (χ0v) is 12.1. The lowest BCUT2D eigenvalue weighted by Crippen LogP contribution is -2.36. The fourth-order valence-electron chi connectivity index (χ4n) is 1.59. The molecule has 1 aromatic carbocycles. The minimum absolute atomic E-state index is 0.192. The lowest BCUT2D eigenvalue weighted by atomic mass is 10.0. The van der Waals surface area contributed by atoms with Crippen LogP contribution in [0.1, 0.15) is 24.9 Å². The summed E-state index contributed by atoms with van der Waals surface area (Å²) < 4.78 is 4.84. The maximum Gasteiger partial charge on any atom is 0.312 e. The van der Waals surface area contributed by atoms with Gasteiger partial charge in [-0.1, -0.05) is 23.7 Å². The van der Waals surface area contributed by atoms with Crippen LogP contribution in [0, 0.1) is 0 Å². The summed E-state index contributed by atoms with van der Waals surface area (Å²) in [6, 6.07) is 5.05. The minimum Gasteiger partial charge on any atom is -0.452 e. The van der Waals surface area contributed by atoms with Gasteiger partial charge in [-0.05, 0) is 24.6 Å². The number of amides is 3. The average Bonchev–Trinajstić information content (AvgIpc) is 2.38. The van der Waals surface area contributed by atoms with Gasteiger partial charge in [-0.25, -0.2) is 4.79 Å². The highest BCUT2D eigenvalue weighted by Crippen LogP contribution is 2.20. The highest BCUT2D eigenvalue weighted by Gasteiger charge is 2.21. The summed E-state index contributed by atoms with van der Waals surface area (Å²) in [5, 5.41) is 2.94. The van der Waals surface area contributed by atoms with Gasteiger partial charge >= 0.3 is 12.0 Å². The molecule has 0 fully saturated rings. The first-order valence-corrected chi connectivity index (χ1v) is 6.47. The Hall–Kier alpha value is -2.28. The number of halogens is 1. The highest BCUT2D eigenvalue weighted by molar-refractivity contribution is 6.30. The van der Waals surface area contributed by atoms with E-state index in [4.69, 9.17) is 27.8 Å². The van der Waals surface area contributed by atoms with Crippen LogP contribution < -0.4 is 16.8 Å². The predicted molar refractivity (Wildman–Crippen MR) is 76.3 cm³/mol. The smallest absolute Gasteiger partial charge is 0.312 e. The van der Waals surface area contributed by atoms with E-state index in [1.165, 1.54) is 6.92 Å². The normalized spacial score (nSPS) is 13.0. The van der Waals surface area contributed by atoms with Gasteiger partial charge in [-0.3, -0.25) is 9.59 Å². The Kier molecular flexibility index (Phi) is 5.98. The molecule has 7 nitrogen and oxygen atoms in total. The number of hydrogen-bond acceptors (Lipinski definition) is 4. The molecule has 0 spiro atoms. The zero-order chi connectivity index (χ0) is 16.0. The summed E-state index contributed by atoms with van der Waals surface area (Å²) in [6.45, 7) is 1.36. The van der Waals surface area contributed by atoms with Gasteiger partial charge in [0.25, 0.3) is 5.91 Å². The Bertz CT molecular complexity index is 533. The molecule has 0 aliphatic rings. The second-order valence-corrected chi connectivity index (χ2v) is 4.79. The van der Waals surface area contributed by atoms with Crippen LogP contribution in [-0.2, 0) is 14.3 Å². The molecule has 0 bridgehead atoms. The zero-order valence-electron chi connectivity index (χ0n) is 11.3. The molecule has 0 aliphatic carbocycles. The van der Waals surface area contributed by atoms with Crippen molar-refractivity contribution in [3.8, 4) is 0 Å². The molecule has 0 saturated carbocycles. The Morgan fingerprint density at radius 3 is 2.29 bits per heavy atom. The fourth-order valence-corrected chi connectivity index (χ4v) is 1.72. The van der Waals surface area contributed by atoms with Gasteiger partial charge in [0.05, 0.1) is 12.5 Å². The predicted octanol–water partition coefficient (Wildman–Crippen LogP) is 0.857. The van der Waals surface area contributed by atoms with Crippen molar-refractivity contribution in [2.75, 3.05) is 0 Å². The minimum atomic E-state index is -1.04. The van der Waals surface area contributed by atoms with Crippen molar-refractivity contribution in [2.45, 2.75) is 25.5 Å². The molecule has 3 amide bonds. The van der Waals surface area contributed by atoms with Gasteiger partial charge in [0.15, 0.2) is 6.10 Å². The third kappa shape index (κ3) is 5.70. The maximum atomic E-state index is 11.7. The van der Waals surface area contributed by atoms with E-state index in [2.05, 4.69) is 5.32 Å². The molecule has 0 unspecified atom stereocenters. The summed E-state index contributed by atoms with van der Waals surface area (Å²) in [7, 11) is 0. The first-order chi connectivity index (χ1) is 9.79. The number of esters is 1. The molecule has 21 heavy (non-hydrogen) atoms. The monoisotopic (exact) mass is 313 g/mol. The number of rotatable bonds is 6. The molecular weight excluding hydrogens is 298 g/mol. The Balaban J connectivity index is 2.79. The maximum absolute atomic E-state index is 11.7. The summed E-state index contributed by atoms with van der Waals surface area (Å²) in [5.74, 6) is -1.44. The van der Waals surface area contributed by atoms with E-state index >= 15 is 0 Å². The van der Waals surface area contributed by atoms with Crippen molar-refractivity contribution in [2.24, 2.45) is 11.5 Å². The van der Waals surface area contributed by atoms with E-state index in [-0.39, 0.29) is 6.42 Å². The van der Waals surface area contributed by atoms with Crippen LogP contribution in [0.3, 0.4) is 0 Å². The van der Waals surface area contributed by atoms with Gasteiger partial charge in [0.1, 0.15) is 0 Å². The van der Waals surface area contributed by atoms with Crippen molar-refractivity contribution in [3.05, 3.63) is 34.9 Å². The topological polar surface area (TPSA) is 125 Å². The molecule has 2 atom stereocenters. The molecule has 0 heterocycles. The van der Waals surface area contributed by atoms with E-state index in [0.29, 0.717) is 10.6 Å². The second kappa shape index (κ2) is 7.49. The molecule has 0 saturated heterocycles. The molecule has 8 heteroatoms. The number of carbonyl (C=O) groups is 3. The SMILES string of the molecule is C[C@@H](OC(=O)C[C@H](NC(N)=O)c1ccc(Cl)cc1)C(N)=O. The van der Waals surface area contributed by atoms with Crippen molar-refractivity contribution < 1.29 is 19.1 Å². The number of hydrogen-bond donors (Lipinski definition) is 3. The van der Waals surface area contributed by atoms with Crippen molar-refractivity contribution >= 4 is 29.5 Å². The number of urea groups is 1. The number of primary amides is 2. The first-order valence-electron chi connectivity index (χ1n) is 6.10. The van der Waals surface area contributed by atoms with Gasteiger partial charge in [-0.15, -0.1) is 0 Å². The van der Waals surface area contributed by atoms with Crippen LogP contribution in [0.2, 0.25) is 5.02 Å². The largest absolute Gasteiger partial charge is 0.452 e. The third-order valence-corrected chi connectivity index (χ3v) is 2.92. The van der Waals surface area contributed by atoms with Gasteiger partial charge in [0, 0.05) is 5.02 Å². The summed E-state index contributed by atoms with van der Waals surface area (Å²) in [5.41, 5.74) is 10.7. The molecule has 0 aliphatic heterocycles. The number of carbonyl (C=O) groups excluding carboxylic acids is 3. The average molecular weight is 314 g/mol. The molecule has 1 aromatic rings. The quantitative estimate of drug-likeness (QED) is 0.673. The van der Waals surface area contributed by atoms with Crippen LogP contribution >= 0.6 is 11.6 Å². The number of nitrogens with two attached hydrogens (primary N) is 2. The van der Waals surface area contributed by atoms with E-state index < -0.39 is 30.1 Å². The number of nitrogens with one attached hydrogen (secondary N) is 1. The second-order valence-electron chi connectivity index (χ2n) is 4.35. The first kappa shape index (κ1) is 16.8. The van der Waals surface area contributed by atoms with Gasteiger partial charge in [0.2, 0.25) is 0 Å². The van der Waals surface area contributed by atoms with Crippen LogP contribution in [0.5, 0.6) is 0 Å². The van der Waals surface area contributed by atoms with E-state index in [1.54, 1.807) is 24.3 Å². The van der Waals surface area contributed by atoms with E-state index in [0.717, 1.165) is 0 Å². The van der Waals surface area contributed by atoms with Gasteiger partial charge in [-0.2, -0.15) is 0 Å². The Morgan fingerprint density at radius 2 is 1.81 bits per heavy atom. The molecule has 114 valence electrons. The lowest BCUT2D eigenvalue weighted by Gasteiger charge is -2.18. The van der Waals surface area contributed by atoms with Crippen LogP contribution in [0.25, 0.3) is 0 Å². The summed E-state index contributed by atoms with van der Waals surface area (Å²) >= 11 is 5.78. The van der Waals surface area contributed by atoms with Crippen LogP contribution in [0.15, 0.2) is 24.3 Å². The Labute approximate surface area is 126 Å². The fraction of sp³-hybridized carbons (Fsp3) is 0.308. The number of benzene rings is 1. The summed E-state index contributed by atoms with van der Waals surface area (Å²) in [6.07, 6.45) is -1.24. The highest BCUT2D eigenvalue weighted by atomic mass is 35.5. The van der Waals surface area contributed by atoms with Crippen LogP contribution in [-0.4, -0.2) is 24.0 Å². The molecule has 5 N–H and O–H groups in total. The molecule has 1 rings (SSSR count). The van der Waals surface area contributed by atoms with E-state index in [9.17, 15) is 14.4 Å². The molecule has 0 aromatic heterocycles. The van der Waals surface area contributed by atoms with Crippen molar-refractivity contribution in [1.29, 1.82) is 0 Å². The van der Waals surface area contributed by atoms with Crippen molar-refractivity contribution in [3.63, 3.8) is 0 Å². The molecular formula is C13H16ClN3O4. The Morgan fingerprint density at radius 1 is 1.24 bits per heavy atom. The molecule has 0 radical (unpaired) electrons. The van der Waals surface area contributed by atoms with Crippen LogP contribution in [0.4, 0.5) is 4.79 Å². The third-order valence-electron chi connectivity index (χ3n) is 2.67. The number of ether oxygens (including phenoxy) is 1. The lowest BCUT2D eigenvalue weighted by molar-refractivity contribution is -0.154. The van der Waals surface area contributed by atoms with E-state index in [1.807, 2.05) is 0 Å². The van der Waals surface area contributed by atoms with Crippen molar-refractivity contribution in [1.82, 2.24) is 5.32 Å². The summed E-state index contributed by atoms with van der Waals surface area (Å²) in [4.78, 5) is 33.6. The standard InChI is InChI=1S/C13H16ClN3O4/c1-7(12(15)19)21-11(18)6-10(17-13(16)20)8-2-4-9(14)5-3-8/h2-5,7,10H,6H2,1H3,(H2,15,19)(H3,16,17,20)/t7-,10+/m1/s1.